The summed E-state index contributed by atoms with van der Waals surface area (Å²) in [5.41, 5.74) is -0.547. The second-order valence-electron chi connectivity index (χ2n) is 7.60. The number of hydrogen-bond donors (Lipinski definition) is 3. The maximum absolute atomic E-state index is 12.0. The summed E-state index contributed by atoms with van der Waals surface area (Å²) in [5.74, 6) is 0.913. The van der Waals surface area contributed by atoms with Gasteiger partial charge in [0.1, 0.15) is 5.60 Å². The van der Waals surface area contributed by atoms with Crippen LogP contribution in [-0.4, -0.2) is 62.8 Å². The lowest BCUT2D eigenvalue weighted by molar-refractivity contribution is 0.0503. The molecule has 10 heteroatoms. The van der Waals surface area contributed by atoms with E-state index in [2.05, 4.69) is 20.9 Å². The summed E-state index contributed by atoms with van der Waals surface area (Å²) in [6, 6.07) is -0.265. The van der Waals surface area contributed by atoms with Gasteiger partial charge < -0.3 is 20.7 Å². The Labute approximate surface area is 180 Å². The number of alkyl carbamates (subject to hydrolysis) is 1. The standard InChI is InChI=1S/C17H34N4O4S.HI/c1-6-8-13(21-16(22)25-17(3,4)5)11-19-15(18-7-2)20-14-9-10-26(23,24)12-14;/h13-14H,6-12H2,1-5H3,(H,21,22)(H2,18,19,20);1H. The van der Waals surface area contributed by atoms with Gasteiger partial charge in [-0.05, 0) is 40.5 Å². The molecule has 160 valence electrons. The zero-order valence-electron chi connectivity index (χ0n) is 17.0. The Bertz CT molecular complexity index is 590. The second-order valence-corrected chi connectivity index (χ2v) is 9.82. The summed E-state index contributed by atoms with van der Waals surface area (Å²) in [4.78, 5) is 16.5. The van der Waals surface area contributed by atoms with Crippen molar-refractivity contribution in [2.45, 2.75) is 71.6 Å². The van der Waals surface area contributed by atoms with Crippen molar-refractivity contribution in [3.63, 3.8) is 0 Å². The van der Waals surface area contributed by atoms with Crippen LogP contribution in [0.3, 0.4) is 0 Å². The van der Waals surface area contributed by atoms with E-state index in [9.17, 15) is 13.2 Å². The number of carbonyl (C=O) groups excluding carboxylic acids is 1. The first-order chi connectivity index (χ1) is 12.0. The quantitative estimate of drug-likeness (QED) is 0.271. The molecule has 1 aliphatic rings. The van der Waals surface area contributed by atoms with Crippen LogP contribution >= 0.6 is 24.0 Å². The number of halogens is 1. The summed E-state index contributed by atoms with van der Waals surface area (Å²) in [6.07, 6.45) is 1.81. The maximum atomic E-state index is 12.0. The fourth-order valence-corrected chi connectivity index (χ4v) is 4.33. The van der Waals surface area contributed by atoms with Crippen molar-refractivity contribution in [3.05, 3.63) is 0 Å². The smallest absolute Gasteiger partial charge is 0.407 e. The average molecular weight is 518 g/mol. The number of ether oxygens (including phenoxy) is 1. The molecule has 0 radical (unpaired) electrons. The lowest BCUT2D eigenvalue weighted by Crippen LogP contribution is -2.45. The van der Waals surface area contributed by atoms with Gasteiger partial charge in [0.15, 0.2) is 15.8 Å². The molecule has 1 heterocycles. The number of sulfone groups is 1. The van der Waals surface area contributed by atoms with Crippen LogP contribution in [-0.2, 0) is 14.6 Å². The van der Waals surface area contributed by atoms with E-state index in [1.54, 1.807) is 0 Å². The summed E-state index contributed by atoms with van der Waals surface area (Å²) >= 11 is 0. The first-order valence-corrected chi connectivity index (χ1v) is 11.1. The predicted molar refractivity (Wildman–Crippen MR) is 120 cm³/mol. The van der Waals surface area contributed by atoms with E-state index in [0.29, 0.717) is 25.5 Å². The van der Waals surface area contributed by atoms with Crippen LogP contribution in [0.5, 0.6) is 0 Å². The highest BCUT2D eigenvalue weighted by atomic mass is 127. The summed E-state index contributed by atoms with van der Waals surface area (Å²) in [7, 11) is -2.95. The number of nitrogens with one attached hydrogen (secondary N) is 3. The minimum Gasteiger partial charge on any atom is -0.444 e. The highest BCUT2D eigenvalue weighted by Crippen LogP contribution is 2.11. The fraction of sp³-hybridized carbons (Fsp3) is 0.882. The molecule has 27 heavy (non-hydrogen) atoms. The normalized spacial score (nSPS) is 20.3. The van der Waals surface area contributed by atoms with Crippen molar-refractivity contribution in [1.82, 2.24) is 16.0 Å². The lowest BCUT2D eigenvalue weighted by atomic mass is 10.1. The van der Waals surface area contributed by atoms with E-state index in [4.69, 9.17) is 4.74 Å². The molecule has 0 bridgehead atoms. The van der Waals surface area contributed by atoms with Crippen LogP contribution in [0.25, 0.3) is 0 Å². The van der Waals surface area contributed by atoms with Gasteiger partial charge in [-0.1, -0.05) is 13.3 Å². The molecule has 1 saturated heterocycles. The molecule has 1 fully saturated rings. The van der Waals surface area contributed by atoms with Gasteiger partial charge in [0.25, 0.3) is 0 Å². The van der Waals surface area contributed by atoms with Gasteiger partial charge in [-0.2, -0.15) is 0 Å². The Hall–Kier alpha value is -0.780. The van der Waals surface area contributed by atoms with Crippen molar-refractivity contribution in [1.29, 1.82) is 0 Å². The number of aliphatic imine (C=N–C) groups is 1. The fourth-order valence-electron chi connectivity index (χ4n) is 2.66. The van der Waals surface area contributed by atoms with Crippen LogP contribution in [0.15, 0.2) is 4.99 Å². The number of guanidine groups is 1. The Morgan fingerprint density at radius 2 is 1.96 bits per heavy atom. The molecule has 1 rings (SSSR count). The van der Waals surface area contributed by atoms with E-state index in [-0.39, 0.29) is 47.6 Å². The molecule has 0 saturated carbocycles. The van der Waals surface area contributed by atoms with E-state index >= 15 is 0 Å². The van der Waals surface area contributed by atoms with Crippen LogP contribution in [0.4, 0.5) is 4.79 Å². The van der Waals surface area contributed by atoms with Crippen molar-refractivity contribution >= 4 is 45.9 Å². The zero-order valence-corrected chi connectivity index (χ0v) is 20.1. The Balaban J connectivity index is 0.00000676. The van der Waals surface area contributed by atoms with Crippen molar-refractivity contribution in [2.24, 2.45) is 4.99 Å². The van der Waals surface area contributed by atoms with E-state index < -0.39 is 21.5 Å². The van der Waals surface area contributed by atoms with Crippen LogP contribution < -0.4 is 16.0 Å². The SMILES string of the molecule is CCCC(CN=C(NCC)NC1CCS(=O)(=O)C1)NC(=O)OC(C)(C)C.I. The molecule has 2 atom stereocenters. The molecule has 0 aromatic heterocycles. The Morgan fingerprint density at radius 1 is 1.30 bits per heavy atom. The second kappa shape index (κ2) is 11.9. The van der Waals surface area contributed by atoms with Gasteiger partial charge in [0.2, 0.25) is 0 Å². The monoisotopic (exact) mass is 518 g/mol. The third-order valence-electron chi connectivity index (χ3n) is 3.75. The van der Waals surface area contributed by atoms with E-state index in [1.807, 2.05) is 34.6 Å². The van der Waals surface area contributed by atoms with Gasteiger partial charge in [-0.3, -0.25) is 4.99 Å². The molecule has 8 nitrogen and oxygen atoms in total. The molecule has 3 N–H and O–H groups in total. The third kappa shape index (κ3) is 11.6. The molecular weight excluding hydrogens is 483 g/mol. The molecule has 1 aliphatic heterocycles. The molecule has 2 unspecified atom stereocenters. The predicted octanol–water partition coefficient (Wildman–Crippen LogP) is 2.04. The Kier molecular flexibility index (Phi) is 11.6. The average Bonchev–Trinajstić information content (AvgIpc) is 2.82. The van der Waals surface area contributed by atoms with Gasteiger partial charge in [-0.15, -0.1) is 24.0 Å². The minimum atomic E-state index is -2.95. The first-order valence-electron chi connectivity index (χ1n) is 9.29. The van der Waals surface area contributed by atoms with Crippen molar-refractivity contribution < 1.29 is 17.9 Å². The number of amides is 1. The number of nitrogens with zero attached hydrogens (tertiary/aromatic N) is 1. The van der Waals surface area contributed by atoms with Gasteiger partial charge >= 0.3 is 6.09 Å². The highest BCUT2D eigenvalue weighted by molar-refractivity contribution is 14.0. The van der Waals surface area contributed by atoms with Crippen LogP contribution in [0.1, 0.15) is 53.9 Å². The largest absolute Gasteiger partial charge is 0.444 e. The molecule has 1 amide bonds. The minimum absolute atomic E-state index is 0. The molecule has 0 spiro atoms. The molecule has 0 aromatic carbocycles. The summed E-state index contributed by atoms with van der Waals surface area (Å²) in [6.45, 7) is 10.5. The number of carbonyl (C=O) groups is 1. The lowest BCUT2D eigenvalue weighted by Gasteiger charge is -2.23. The molecular formula is C17H35IN4O4S. The van der Waals surface area contributed by atoms with Crippen molar-refractivity contribution in [3.8, 4) is 0 Å². The summed E-state index contributed by atoms with van der Waals surface area (Å²) in [5, 5.41) is 9.16. The van der Waals surface area contributed by atoms with E-state index in [1.165, 1.54) is 0 Å². The van der Waals surface area contributed by atoms with E-state index in [0.717, 1.165) is 12.8 Å². The van der Waals surface area contributed by atoms with Gasteiger partial charge in [0, 0.05) is 12.6 Å². The summed E-state index contributed by atoms with van der Waals surface area (Å²) < 4.78 is 28.5. The van der Waals surface area contributed by atoms with Crippen LogP contribution in [0, 0.1) is 0 Å². The van der Waals surface area contributed by atoms with Gasteiger partial charge in [-0.25, -0.2) is 13.2 Å². The topological polar surface area (TPSA) is 109 Å². The number of rotatable bonds is 7. The highest BCUT2D eigenvalue weighted by Gasteiger charge is 2.28. The molecule has 0 aromatic rings. The number of hydrogen-bond acceptors (Lipinski definition) is 5. The maximum Gasteiger partial charge on any atom is 0.407 e. The molecule has 0 aliphatic carbocycles. The zero-order chi connectivity index (χ0) is 19.8. The van der Waals surface area contributed by atoms with Crippen molar-refractivity contribution in [2.75, 3.05) is 24.6 Å². The third-order valence-corrected chi connectivity index (χ3v) is 5.51. The first kappa shape index (κ1) is 26.2. The van der Waals surface area contributed by atoms with Crippen LogP contribution in [0.2, 0.25) is 0 Å². The Morgan fingerprint density at radius 3 is 2.44 bits per heavy atom. The van der Waals surface area contributed by atoms with Gasteiger partial charge in [0.05, 0.1) is 24.1 Å².